The molecule has 96 valence electrons. The summed E-state index contributed by atoms with van der Waals surface area (Å²) in [6.45, 7) is 3.22. The molecule has 0 aliphatic heterocycles. The third kappa shape index (κ3) is 3.64. The monoisotopic (exact) mass is 254 g/mol. The van der Waals surface area contributed by atoms with E-state index in [9.17, 15) is 4.39 Å². The van der Waals surface area contributed by atoms with Crippen LogP contribution in [0.2, 0.25) is 0 Å². The molecular formula is C16H15FN2. The van der Waals surface area contributed by atoms with Crippen LogP contribution >= 0.6 is 0 Å². The number of halogens is 1. The second-order valence-corrected chi connectivity index (χ2v) is 4.50. The Kier molecular flexibility index (Phi) is 4.27. The normalized spacial score (nSPS) is 10.2. The highest BCUT2D eigenvalue weighted by molar-refractivity contribution is 5.37. The number of nitriles is 1. The summed E-state index contributed by atoms with van der Waals surface area (Å²) in [6.07, 6.45) is 0. The van der Waals surface area contributed by atoms with Crippen LogP contribution in [0.25, 0.3) is 0 Å². The average Bonchev–Trinajstić information content (AvgIpc) is 2.41. The molecule has 2 aromatic carbocycles. The molecule has 0 fully saturated rings. The molecule has 0 amide bonds. The number of nitrogens with zero attached hydrogens (tertiary/aromatic N) is 1. The van der Waals surface area contributed by atoms with E-state index in [4.69, 9.17) is 5.26 Å². The largest absolute Gasteiger partial charge is 0.309 e. The Labute approximate surface area is 112 Å². The molecule has 0 spiro atoms. The van der Waals surface area contributed by atoms with Gasteiger partial charge in [-0.25, -0.2) is 4.39 Å². The minimum Gasteiger partial charge on any atom is -0.309 e. The fourth-order valence-corrected chi connectivity index (χ4v) is 1.87. The van der Waals surface area contributed by atoms with E-state index in [1.54, 1.807) is 0 Å². The summed E-state index contributed by atoms with van der Waals surface area (Å²) < 4.78 is 13.1. The van der Waals surface area contributed by atoms with E-state index in [0.717, 1.165) is 0 Å². The van der Waals surface area contributed by atoms with Crippen molar-refractivity contribution in [2.24, 2.45) is 0 Å². The van der Waals surface area contributed by atoms with Crippen molar-refractivity contribution in [2.75, 3.05) is 0 Å². The van der Waals surface area contributed by atoms with Crippen molar-refractivity contribution in [2.45, 2.75) is 20.0 Å². The third-order valence-corrected chi connectivity index (χ3v) is 2.95. The van der Waals surface area contributed by atoms with Crippen LogP contribution < -0.4 is 5.32 Å². The van der Waals surface area contributed by atoms with Crippen LogP contribution in [-0.2, 0) is 13.1 Å². The topological polar surface area (TPSA) is 35.8 Å². The average molecular weight is 254 g/mol. The number of rotatable bonds is 4. The maximum Gasteiger partial charge on any atom is 0.123 e. The molecule has 0 aliphatic carbocycles. The number of nitrogens with one attached hydrogen (secondary N) is 1. The van der Waals surface area contributed by atoms with Gasteiger partial charge in [-0.05, 0) is 36.2 Å². The standard InChI is InChI=1S/C16H15FN2/c1-12-2-4-13(5-3-12)10-19-11-15-8-16(17)7-6-14(15)9-18/h2-8,19H,10-11H2,1H3. The van der Waals surface area contributed by atoms with Crippen molar-refractivity contribution in [1.82, 2.24) is 5.32 Å². The summed E-state index contributed by atoms with van der Waals surface area (Å²) in [5.74, 6) is -0.314. The van der Waals surface area contributed by atoms with Gasteiger partial charge >= 0.3 is 0 Å². The van der Waals surface area contributed by atoms with Gasteiger partial charge in [0.15, 0.2) is 0 Å². The van der Waals surface area contributed by atoms with Gasteiger partial charge in [0.1, 0.15) is 5.82 Å². The minimum absolute atomic E-state index is 0.314. The number of hydrogen-bond donors (Lipinski definition) is 1. The Morgan fingerprint density at radius 1 is 1.11 bits per heavy atom. The molecule has 3 heteroatoms. The summed E-state index contributed by atoms with van der Waals surface area (Å²) in [7, 11) is 0. The zero-order valence-corrected chi connectivity index (χ0v) is 10.8. The van der Waals surface area contributed by atoms with Gasteiger partial charge < -0.3 is 5.32 Å². The molecule has 2 nitrogen and oxygen atoms in total. The number of hydrogen-bond acceptors (Lipinski definition) is 2. The molecule has 0 aliphatic rings. The first-order valence-corrected chi connectivity index (χ1v) is 6.14. The van der Waals surface area contributed by atoms with Gasteiger partial charge in [0.05, 0.1) is 11.6 Å². The summed E-state index contributed by atoms with van der Waals surface area (Å²) in [5.41, 5.74) is 3.59. The Morgan fingerprint density at radius 3 is 2.53 bits per heavy atom. The molecular weight excluding hydrogens is 239 g/mol. The van der Waals surface area contributed by atoms with E-state index < -0.39 is 0 Å². The molecule has 0 atom stereocenters. The van der Waals surface area contributed by atoms with E-state index in [0.29, 0.717) is 24.2 Å². The quantitative estimate of drug-likeness (QED) is 0.908. The smallest absolute Gasteiger partial charge is 0.123 e. The van der Waals surface area contributed by atoms with Gasteiger partial charge in [-0.3, -0.25) is 0 Å². The second kappa shape index (κ2) is 6.12. The predicted molar refractivity (Wildman–Crippen MR) is 72.8 cm³/mol. The summed E-state index contributed by atoms with van der Waals surface area (Å²) >= 11 is 0. The fraction of sp³-hybridized carbons (Fsp3) is 0.188. The molecule has 2 aromatic rings. The van der Waals surface area contributed by atoms with Crippen molar-refractivity contribution in [3.63, 3.8) is 0 Å². The van der Waals surface area contributed by atoms with E-state index in [1.165, 1.54) is 29.3 Å². The Balaban J connectivity index is 1.98. The zero-order chi connectivity index (χ0) is 13.7. The molecule has 0 saturated carbocycles. The van der Waals surface area contributed by atoms with E-state index in [2.05, 4.69) is 35.7 Å². The van der Waals surface area contributed by atoms with Gasteiger partial charge in [-0.2, -0.15) is 5.26 Å². The van der Waals surface area contributed by atoms with E-state index >= 15 is 0 Å². The van der Waals surface area contributed by atoms with Crippen LogP contribution in [0.5, 0.6) is 0 Å². The predicted octanol–water partition coefficient (Wildman–Crippen LogP) is 3.30. The summed E-state index contributed by atoms with van der Waals surface area (Å²) in [4.78, 5) is 0. The van der Waals surface area contributed by atoms with E-state index in [1.807, 2.05) is 6.92 Å². The van der Waals surface area contributed by atoms with Gasteiger partial charge in [0, 0.05) is 13.1 Å². The highest BCUT2D eigenvalue weighted by atomic mass is 19.1. The van der Waals surface area contributed by atoms with Crippen LogP contribution in [0.15, 0.2) is 42.5 Å². The Hall–Kier alpha value is -2.18. The first kappa shape index (κ1) is 13.3. The highest BCUT2D eigenvalue weighted by Crippen LogP contribution is 2.10. The SMILES string of the molecule is Cc1ccc(CNCc2cc(F)ccc2C#N)cc1. The van der Waals surface area contributed by atoms with Crippen molar-refractivity contribution in [3.05, 3.63) is 70.5 Å². The Morgan fingerprint density at radius 2 is 1.84 bits per heavy atom. The zero-order valence-electron chi connectivity index (χ0n) is 10.8. The molecule has 0 aromatic heterocycles. The molecule has 0 bridgehead atoms. The van der Waals surface area contributed by atoms with Gasteiger partial charge in [0.2, 0.25) is 0 Å². The molecule has 0 saturated heterocycles. The lowest BCUT2D eigenvalue weighted by molar-refractivity contribution is 0.619. The first-order chi connectivity index (χ1) is 9.19. The molecule has 2 rings (SSSR count). The number of aryl methyl sites for hydroxylation is 1. The lowest BCUT2D eigenvalue weighted by Gasteiger charge is -2.07. The maximum atomic E-state index is 13.1. The summed E-state index contributed by atoms with van der Waals surface area (Å²) in [5, 5.41) is 12.2. The van der Waals surface area contributed by atoms with Crippen molar-refractivity contribution in [1.29, 1.82) is 5.26 Å². The van der Waals surface area contributed by atoms with Gasteiger partial charge in [-0.1, -0.05) is 29.8 Å². The first-order valence-electron chi connectivity index (χ1n) is 6.14. The molecule has 0 heterocycles. The molecule has 19 heavy (non-hydrogen) atoms. The number of benzene rings is 2. The second-order valence-electron chi connectivity index (χ2n) is 4.50. The lowest BCUT2D eigenvalue weighted by Crippen LogP contribution is -2.13. The van der Waals surface area contributed by atoms with Crippen molar-refractivity contribution >= 4 is 0 Å². The molecule has 0 unspecified atom stereocenters. The van der Waals surface area contributed by atoms with Crippen molar-refractivity contribution < 1.29 is 4.39 Å². The van der Waals surface area contributed by atoms with Gasteiger partial charge in [0.25, 0.3) is 0 Å². The van der Waals surface area contributed by atoms with Crippen LogP contribution in [-0.4, -0.2) is 0 Å². The summed E-state index contributed by atoms with van der Waals surface area (Å²) in [6, 6.07) is 14.5. The Bertz CT molecular complexity index is 597. The third-order valence-electron chi connectivity index (χ3n) is 2.95. The highest BCUT2D eigenvalue weighted by Gasteiger charge is 2.03. The van der Waals surface area contributed by atoms with Crippen molar-refractivity contribution in [3.8, 4) is 6.07 Å². The molecule has 1 N–H and O–H groups in total. The van der Waals surface area contributed by atoms with Crippen LogP contribution in [0.4, 0.5) is 4.39 Å². The molecule has 0 radical (unpaired) electrons. The van der Waals surface area contributed by atoms with Crippen LogP contribution in [0.3, 0.4) is 0 Å². The van der Waals surface area contributed by atoms with E-state index in [-0.39, 0.29) is 5.82 Å². The maximum absolute atomic E-state index is 13.1. The van der Waals surface area contributed by atoms with Crippen LogP contribution in [0.1, 0.15) is 22.3 Å². The van der Waals surface area contributed by atoms with Crippen LogP contribution in [0, 0.1) is 24.1 Å². The van der Waals surface area contributed by atoms with Gasteiger partial charge in [-0.15, -0.1) is 0 Å². The minimum atomic E-state index is -0.314. The fourth-order valence-electron chi connectivity index (χ4n) is 1.87. The lowest BCUT2D eigenvalue weighted by atomic mass is 10.1.